The lowest BCUT2D eigenvalue weighted by molar-refractivity contribution is 0.220. The summed E-state index contributed by atoms with van der Waals surface area (Å²) in [5, 5.41) is -0.152. The predicted octanol–water partition coefficient (Wildman–Crippen LogP) is 3.28. The van der Waals surface area contributed by atoms with Gasteiger partial charge in [-0.3, -0.25) is 4.90 Å². The van der Waals surface area contributed by atoms with Crippen LogP contribution in [0, 0.1) is 11.8 Å². The van der Waals surface area contributed by atoms with E-state index >= 15 is 0 Å². The van der Waals surface area contributed by atoms with Gasteiger partial charge in [-0.2, -0.15) is 0 Å². The number of nitrogens with zero attached hydrogens (tertiary/aromatic N) is 1. The molecule has 1 heterocycles. The number of nitrogens with one attached hydrogen (secondary N) is 1. The van der Waals surface area contributed by atoms with Crippen LogP contribution in [0.3, 0.4) is 0 Å². The molecule has 1 aromatic carbocycles. The number of fused-ring (bicyclic) bond motifs is 2. The maximum atomic E-state index is 12.8. The molecule has 0 unspecified atom stereocenters. The van der Waals surface area contributed by atoms with Gasteiger partial charge in [0.2, 0.25) is 10.0 Å². The Morgan fingerprint density at radius 3 is 2.44 bits per heavy atom. The van der Waals surface area contributed by atoms with Crippen LogP contribution in [-0.4, -0.2) is 31.7 Å². The van der Waals surface area contributed by atoms with E-state index in [-0.39, 0.29) is 5.25 Å². The zero-order valence-corrected chi connectivity index (χ0v) is 15.8. The van der Waals surface area contributed by atoms with Gasteiger partial charge < -0.3 is 0 Å². The lowest BCUT2D eigenvalue weighted by Gasteiger charge is -2.27. The molecule has 2 saturated carbocycles. The number of hydrogen-bond donors (Lipinski definition) is 1. The maximum Gasteiger partial charge on any atom is 0.215 e. The minimum atomic E-state index is -3.20. The second-order valence-corrected chi connectivity index (χ2v) is 10.2. The summed E-state index contributed by atoms with van der Waals surface area (Å²) < 4.78 is 28.5. The SMILES string of the molecule is O=S(=O)(NCc1ccccc1CN1CCCCC1)[C@@H]1C[C@H]2CC[C@H]1C2. The van der Waals surface area contributed by atoms with Gasteiger partial charge in [0.25, 0.3) is 0 Å². The first-order valence-electron chi connectivity index (χ1n) is 9.89. The van der Waals surface area contributed by atoms with E-state index in [9.17, 15) is 8.42 Å². The number of benzene rings is 1. The second kappa shape index (κ2) is 7.37. The van der Waals surface area contributed by atoms with Crippen LogP contribution in [0.15, 0.2) is 24.3 Å². The van der Waals surface area contributed by atoms with Crippen molar-refractivity contribution in [2.75, 3.05) is 13.1 Å². The van der Waals surface area contributed by atoms with E-state index in [2.05, 4.69) is 27.8 Å². The average molecular weight is 363 g/mol. The Bertz CT molecular complexity index is 697. The van der Waals surface area contributed by atoms with Gasteiger partial charge in [0.1, 0.15) is 0 Å². The second-order valence-electron chi connectivity index (χ2n) is 8.18. The fraction of sp³-hybridized carbons (Fsp3) is 0.700. The molecule has 25 heavy (non-hydrogen) atoms. The fourth-order valence-electron chi connectivity index (χ4n) is 5.09. The Balaban J connectivity index is 1.40. The van der Waals surface area contributed by atoms with Crippen molar-refractivity contribution in [2.24, 2.45) is 11.8 Å². The molecule has 0 spiro atoms. The van der Waals surface area contributed by atoms with Gasteiger partial charge in [-0.1, -0.05) is 37.1 Å². The zero-order chi connectivity index (χ0) is 17.3. The number of hydrogen-bond acceptors (Lipinski definition) is 3. The van der Waals surface area contributed by atoms with E-state index in [4.69, 9.17) is 0 Å². The molecule has 1 aliphatic heterocycles. The van der Waals surface area contributed by atoms with Gasteiger partial charge in [0.15, 0.2) is 0 Å². The molecule has 3 aliphatic rings. The molecule has 3 fully saturated rings. The zero-order valence-electron chi connectivity index (χ0n) is 15.0. The normalized spacial score (nSPS) is 30.0. The molecule has 1 N–H and O–H groups in total. The van der Waals surface area contributed by atoms with E-state index in [0.717, 1.165) is 44.5 Å². The Morgan fingerprint density at radius 2 is 1.76 bits per heavy atom. The first-order valence-corrected chi connectivity index (χ1v) is 11.4. The quantitative estimate of drug-likeness (QED) is 0.845. The minimum absolute atomic E-state index is 0.152. The molecule has 0 radical (unpaired) electrons. The summed E-state index contributed by atoms with van der Waals surface area (Å²) in [5.74, 6) is 1.05. The van der Waals surface area contributed by atoms with E-state index in [1.54, 1.807) is 0 Å². The van der Waals surface area contributed by atoms with Crippen LogP contribution < -0.4 is 4.72 Å². The van der Waals surface area contributed by atoms with Crippen LogP contribution in [0.4, 0.5) is 0 Å². The molecule has 138 valence electrons. The summed E-state index contributed by atoms with van der Waals surface area (Å²) in [6.07, 6.45) is 8.21. The average Bonchev–Trinajstić information content (AvgIpc) is 3.26. The Kier molecular flexibility index (Phi) is 5.16. The van der Waals surface area contributed by atoms with Crippen molar-refractivity contribution >= 4 is 10.0 Å². The molecular formula is C20H30N2O2S. The highest BCUT2D eigenvalue weighted by atomic mass is 32.2. The Labute approximate surface area is 152 Å². The summed E-state index contributed by atoms with van der Waals surface area (Å²) >= 11 is 0. The van der Waals surface area contributed by atoms with Crippen LogP contribution in [0.5, 0.6) is 0 Å². The fourth-order valence-corrected chi connectivity index (χ4v) is 6.94. The number of likely N-dealkylation sites (tertiary alicyclic amines) is 1. The molecule has 1 saturated heterocycles. The largest absolute Gasteiger partial charge is 0.299 e. The predicted molar refractivity (Wildman–Crippen MR) is 101 cm³/mol. The molecule has 0 amide bonds. The van der Waals surface area contributed by atoms with Crippen molar-refractivity contribution in [2.45, 2.75) is 63.3 Å². The highest BCUT2D eigenvalue weighted by molar-refractivity contribution is 7.90. The van der Waals surface area contributed by atoms with Gasteiger partial charge in [-0.25, -0.2) is 13.1 Å². The standard InChI is InChI=1S/C20H30N2O2S/c23-25(24,20-13-16-8-9-17(20)12-16)21-14-18-6-2-3-7-19(18)15-22-10-4-1-5-11-22/h2-3,6-7,16-17,20-21H,1,4-5,8-15H2/t16-,17-,20+/m0/s1. The van der Waals surface area contributed by atoms with Crippen molar-refractivity contribution in [3.05, 3.63) is 35.4 Å². The van der Waals surface area contributed by atoms with E-state index in [1.807, 2.05) is 6.07 Å². The van der Waals surface area contributed by atoms with Gasteiger partial charge in [-0.15, -0.1) is 0 Å². The summed E-state index contributed by atoms with van der Waals surface area (Å²) in [6.45, 7) is 3.68. The minimum Gasteiger partial charge on any atom is -0.299 e. The first-order chi connectivity index (χ1) is 12.1. The van der Waals surface area contributed by atoms with Crippen LogP contribution in [0.1, 0.15) is 56.1 Å². The molecule has 0 aromatic heterocycles. The van der Waals surface area contributed by atoms with Crippen LogP contribution in [-0.2, 0) is 23.1 Å². The molecule has 4 nitrogen and oxygen atoms in total. The van der Waals surface area contributed by atoms with Gasteiger partial charge in [0.05, 0.1) is 5.25 Å². The third-order valence-corrected chi connectivity index (χ3v) is 8.42. The van der Waals surface area contributed by atoms with Crippen molar-refractivity contribution in [3.8, 4) is 0 Å². The number of piperidine rings is 1. The molecule has 2 aliphatic carbocycles. The van der Waals surface area contributed by atoms with Crippen molar-refractivity contribution in [1.29, 1.82) is 0 Å². The smallest absolute Gasteiger partial charge is 0.215 e. The van der Waals surface area contributed by atoms with E-state index in [0.29, 0.717) is 18.4 Å². The van der Waals surface area contributed by atoms with Gasteiger partial charge >= 0.3 is 0 Å². The molecule has 4 rings (SSSR count). The topological polar surface area (TPSA) is 49.4 Å². The molecule has 3 atom stereocenters. The summed E-state index contributed by atoms with van der Waals surface area (Å²) in [5.41, 5.74) is 2.39. The highest BCUT2D eigenvalue weighted by Gasteiger charge is 2.45. The highest BCUT2D eigenvalue weighted by Crippen LogP contribution is 2.47. The molecule has 2 bridgehead atoms. The third kappa shape index (κ3) is 3.93. The third-order valence-electron chi connectivity index (χ3n) is 6.50. The summed E-state index contributed by atoms with van der Waals surface area (Å²) in [6, 6.07) is 8.30. The monoisotopic (exact) mass is 362 g/mol. The summed E-state index contributed by atoms with van der Waals surface area (Å²) in [7, 11) is -3.20. The molecular weight excluding hydrogens is 332 g/mol. The van der Waals surface area contributed by atoms with Gasteiger partial charge in [-0.05, 0) is 68.2 Å². The first kappa shape index (κ1) is 17.5. The van der Waals surface area contributed by atoms with Crippen LogP contribution >= 0.6 is 0 Å². The van der Waals surface area contributed by atoms with Crippen molar-refractivity contribution in [3.63, 3.8) is 0 Å². The number of sulfonamides is 1. The van der Waals surface area contributed by atoms with E-state index < -0.39 is 10.0 Å². The van der Waals surface area contributed by atoms with Gasteiger partial charge in [0, 0.05) is 13.1 Å². The Morgan fingerprint density at radius 1 is 1.00 bits per heavy atom. The van der Waals surface area contributed by atoms with E-state index in [1.165, 1.54) is 31.2 Å². The maximum absolute atomic E-state index is 12.8. The lowest BCUT2D eigenvalue weighted by atomic mass is 10.0. The molecule has 5 heteroatoms. The molecule has 1 aromatic rings. The van der Waals surface area contributed by atoms with Crippen LogP contribution in [0.2, 0.25) is 0 Å². The van der Waals surface area contributed by atoms with Crippen molar-refractivity contribution in [1.82, 2.24) is 9.62 Å². The van der Waals surface area contributed by atoms with Crippen LogP contribution in [0.25, 0.3) is 0 Å². The van der Waals surface area contributed by atoms with Crippen molar-refractivity contribution < 1.29 is 8.42 Å². The Hall–Kier alpha value is -0.910. The summed E-state index contributed by atoms with van der Waals surface area (Å²) in [4.78, 5) is 2.49. The number of rotatable bonds is 6. The lowest BCUT2D eigenvalue weighted by Crippen LogP contribution is -2.37.